The molecule has 3 rings (SSSR count). The number of hydrogen-bond donors (Lipinski definition) is 2. The molecule has 106 valence electrons. The third kappa shape index (κ3) is 2.82. The lowest BCUT2D eigenvalue weighted by Gasteiger charge is -2.11. The van der Waals surface area contributed by atoms with Gasteiger partial charge in [-0.25, -0.2) is 0 Å². The minimum absolute atomic E-state index is 0.545. The largest absolute Gasteiger partial charge is 0.399 e. The Morgan fingerprint density at radius 2 is 1.76 bits per heavy atom. The van der Waals surface area contributed by atoms with Crippen LogP contribution in [0.4, 0.5) is 17.1 Å². The molecular weight excluding hydrogens is 258 g/mol. The lowest BCUT2D eigenvalue weighted by molar-refractivity contribution is 0.867. The maximum Gasteiger partial charge on any atom is 0.0743 e. The van der Waals surface area contributed by atoms with Crippen LogP contribution in [0.3, 0.4) is 0 Å². The molecule has 0 amide bonds. The van der Waals surface area contributed by atoms with E-state index in [0.717, 1.165) is 28.0 Å². The average Bonchev–Trinajstić information content (AvgIpc) is 2.47. The molecule has 0 atom stereocenters. The first-order valence-corrected chi connectivity index (χ1v) is 7.15. The maximum atomic E-state index is 5.81. The Labute approximate surface area is 124 Å². The number of pyridine rings is 1. The Bertz CT molecular complexity index is 761. The second-order valence-electron chi connectivity index (χ2n) is 5.54. The fourth-order valence-corrected chi connectivity index (χ4v) is 2.38. The zero-order valence-electron chi connectivity index (χ0n) is 12.3. The minimum atomic E-state index is 0.545. The van der Waals surface area contributed by atoms with Crippen LogP contribution in [0.15, 0.2) is 54.7 Å². The molecule has 0 radical (unpaired) electrons. The predicted octanol–water partition coefficient (Wildman–Crippen LogP) is 4.68. The summed E-state index contributed by atoms with van der Waals surface area (Å²) in [4.78, 5) is 4.36. The third-order valence-corrected chi connectivity index (χ3v) is 3.62. The summed E-state index contributed by atoms with van der Waals surface area (Å²) >= 11 is 0. The number of hydrogen-bond acceptors (Lipinski definition) is 3. The molecule has 0 unspecified atom stereocenters. The summed E-state index contributed by atoms with van der Waals surface area (Å²) in [5.41, 5.74) is 10.9. The standard InChI is InChI=1S/C18H19N3/c1-12(2)13-3-6-15(7-4-13)21-17-9-10-20-18-11-14(19)5-8-16(17)18/h3-12H,19H2,1-2H3,(H,20,21). The van der Waals surface area contributed by atoms with E-state index in [0.29, 0.717) is 5.92 Å². The molecule has 2 aromatic carbocycles. The van der Waals surface area contributed by atoms with Crippen LogP contribution in [0.5, 0.6) is 0 Å². The third-order valence-electron chi connectivity index (χ3n) is 3.62. The van der Waals surface area contributed by atoms with Crippen LogP contribution in [0.2, 0.25) is 0 Å². The Balaban J connectivity index is 1.94. The van der Waals surface area contributed by atoms with E-state index >= 15 is 0 Å². The lowest BCUT2D eigenvalue weighted by Crippen LogP contribution is -1.94. The van der Waals surface area contributed by atoms with Crippen LogP contribution >= 0.6 is 0 Å². The van der Waals surface area contributed by atoms with E-state index in [4.69, 9.17) is 5.73 Å². The monoisotopic (exact) mass is 277 g/mol. The van der Waals surface area contributed by atoms with Gasteiger partial charge in [-0.1, -0.05) is 26.0 Å². The highest BCUT2D eigenvalue weighted by Crippen LogP contribution is 2.27. The molecule has 1 heterocycles. The van der Waals surface area contributed by atoms with E-state index in [-0.39, 0.29) is 0 Å². The highest BCUT2D eigenvalue weighted by Gasteiger charge is 2.04. The number of fused-ring (bicyclic) bond motifs is 1. The highest BCUT2D eigenvalue weighted by molar-refractivity contribution is 5.94. The summed E-state index contributed by atoms with van der Waals surface area (Å²) in [5.74, 6) is 0.545. The van der Waals surface area contributed by atoms with Gasteiger partial charge in [0.15, 0.2) is 0 Å². The van der Waals surface area contributed by atoms with Crippen LogP contribution in [0.1, 0.15) is 25.3 Å². The van der Waals surface area contributed by atoms with Crippen molar-refractivity contribution in [2.45, 2.75) is 19.8 Å². The Morgan fingerprint density at radius 3 is 2.48 bits per heavy atom. The quantitative estimate of drug-likeness (QED) is 0.683. The smallest absolute Gasteiger partial charge is 0.0743 e. The van der Waals surface area contributed by atoms with Gasteiger partial charge < -0.3 is 11.1 Å². The lowest BCUT2D eigenvalue weighted by atomic mass is 10.0. The van der Waals surface area contributed by atoms with E-state index in [1.807, 2.05) is 24.3 Å². The summed E-state index contributed by atoms with van der Waals surface area (Å²) in [6.07, 6.45) is 1.80. The van der Waals surface area contributed by atoms with Crippen LogP contribution in [0.25, 0.3) is 10.9 Å². The Kier molecular flexibility index (Phi) is 3.48. The van der Waals surface area contributed by atoms with E-state index in [1.54, 1.807) is 6.20 Å². The Morgan fingerprint density at radius 1 is 1.00 bits per heavy atom. The molecule has 0 aliphatic heterocycles. The van der Waals surface area contributed by atoms with Crippen LogP contribution in [-0.2, 0) is 0 Å². The molecule has 3 aromatic rings. The second-order valence-corrected chi connectivity index (χ2v) is 5.54. The SMILES string of the molecule is CC(C)c1ccc(Nc2ccnc3cc(N)ccc23)cc1. The molecule has 0 fully saturated rings. The van der Waals surface area contributed by atoms with Gasteiger partial charge in [-0.15, -0.1) is 0 Å². The summed E-state index contributed by atoms with van der Waals surface area (Å²) in [6.45, 7) is 4.40. The first kappa shape index (κ1) is 13.4. The number of benzene rings is 2. The molecule has 21 heavy (non-hydrogen) atoms. The topological polar surface area (TPSA) is 50.9 Å². The molecule has 3 heteroatoms. The zero-order valence-corrected chi connectivity index (χ0v) is 12.3. The van der Waals surface area contributed by atoms with Crippen molar-refractivity contribution >= 4 is 28.0 Å². The van der Waals surface area contributed by atoms with E-state index in [1.165, 1.54) is 5.56 Å². The number of rotatable bonds is 3. The maximum absolute atomic E-state index is 5.81. The highest BCUT2D eigenvalue weighted by atomic mass is 14.9. The average molecular weight is 277 g/mol. The normalized spacial score (nSPS) is 11.0. The van der Waals surface area contributed by atoms with E-state index in [2.05, 4.69) is 48.4 Å². The summed E-state index contributed by atoms with van der Waals surface area (Å²) in [7, 11) is 0. The van der Waals surface area contributed by atoms with Gasteiger partial charge in [0.05, 0.1) is 5.52 Å². The molecule has 3 nitrogen and oxygen atoms in total. The molecule has 0 aliphatic rings. The van der Waals surface area contributed by atoms with Gasteiger partial charge in [0.25, 0.3) is 0 Å². The van der Waals surface area contributed by atoms with Gasteiger partial charge in [-0.3, -0.25) is 4.98 Å². The molecule has 0 aliphatic carbocycles. The predicted molar refractivity (Wildman–Crippen MR) is 90.0 cm³/mol. The van der Waals surface area contributed by atoms with Crippen molar-refractivity contribution in [1.29, 1.82) is 0 Å². The summed E-state index contributed by atoms with van der Waals surface area (Å²) in [5, 5.41) is 4.52. The number of nitrogens with zero attached hydrogens (tertiary/aromatic N) is 1. The number of anilines is 3. The van der Waals surface area contributed by atoms with Crippen LogP contribution in [-0.4, -0.2) is 4.98 Å². The number of aromatic nitrogens is 1. The fraction of sp³-hybridized carbons (Fsp3) is 0.167. The van der Waals surface area contributed by atoms with Gasteiger partial charge in [0.1, 0.15) is 0 Å². The van der Waals surface area contributed by atoms with Gasteiger partial charge >= 0.3 is 0 Å². The van der Waals surface area contributed by atoms with Gasteiger partial charge in [-0.2, -0.15) is 0 Å². The van der Waals surface area contributed by atoms with Crippen molar-refractivity contribution < 1.29 is 0 Å². The summed E-state index contributed by atoms with van der Waals surface area (Å²) in [6, 6.07) is 16.3. The van der Waals surface area contributed by atoms with E-state index < -0.39 is 0 Å². The molecule has 3 N–H and O–H groups in total. The van der Waals surface area contributed by atoms with Gasteiger partial charge in [-0.05, 0) is 47.9 Å². The molecule has 0 spiro atoms. The first-order chi connectivity index (χ1) is 10.1. The number of nitrogen functional groups attached to an aromatic ring is 1. The molecule has 0 bridgehead atoms. The molecular formula is C18H19N3. The minimum Gasteiger partial charge on any atom is -0.399 e. The molecule has 0 saturated carbocycles. The molecule has 1 aromatic heterocycles. The molecule has 0 saturated heterocycles. The van der Waals surface area contributed by atoms with Crippen molar-refractivity contribution in [2.24, 2.45) is 0 Å². The van der Waals surface area contributed by atoms with Crippen molar-refractivity contribution in [3.05, 3.63) is 60.3 Å². The van der Waals surface area contributed by atoms with Crippen LogP contribution in [0, 0.1) is 0 Å². The first-order valence-electron chi connectivity index (χ1n) is 7.15. The number of nitrogens with one attached hydrogen (secondary N) is 1. The number of nitrogens with two attached hydrogens (primary N) is 1. The van der Waals surface area contributed by atoms with Crippen molar-refractivity contribution in [2.75, 3.05) is 11.1 Å². The summed E-state index contributed by atoms with van der Waals surface area (Å²) < 4.78 is 0. The second kappa shape index (κ2) is 5.44. The van der Waals surface area contributed by atoms with E-state index in [9.17, 15) is 0 Å². The Hall–Kier alpha value is -2.55. The van der Waals surface area contributed by atoms with Crippen molar-refractivity contribution in [1.82, 2.24) is 4.98 Å². The van der Waals surface area contributed by atoms with Crippen LogP contribution < -0.4 is 11.1 Å². The fourth-order valence-electron chi connectivity index (χ4n) is 2.38. The zero-order chi connectivity index (χ0) is 14.8. The van der Waals surface area contributed by atoms with Crippen molar-refractivity contribution in [3.63, 3.8) is 0 Å². The van der Waals surface area contributed by atoms with Gasteiger partial charge in [0.2, 0.25) is 0 Å². The van der Waals surface area contributed by atoms with Gasteiger partial charge in [0, 0.05) is 28.6 Å². The van der Waals surface area contributed by atoms with Crippen molar-refractivity contribution in [3.8, 4) is 0 Å².